The van der Waals surface area contributed by atoms with Crippen LogP contribution in [0.4, 0.5) is 0 Å². The highest BCUT2D eigenvalue weighted by atomic mass is 16.3. The van der Waals surface area contributed by atoms with Crippen molar-refractivity contribution in [1.29, 1.82) is 0 Å². The van der Waals surface area contributed by atoms with Crippen LogP contribution in [0.25, 0.3) is 0 Å². The first-order valence-corrected chi connectivity index (χ1v) is 8.10. The molecule has 3 aliphatic rings. The summed E-state index contributed by atoms with van der Waals surface area (Å²) in [5.41, 5.74) is 0. The maximum atomic E-state index is 12.3. The predicted molar refractivity (Wildman–Crippen MR) is 78.3 cm³/mol. The number of nitrogens with zero attached hydrogens (tertiary/aromatic N) is 2. The van der Waals surface area contributed by atoms with Crippen LogP contribution < -0.4 is 0 Å². The Labute approximate surface area is 121 Å². The van der Waals surface area contributed by atoms with Crippen LogP contribution in [0.1, 0.15) is 38.5 Å². The summed E-state index contributed by atoms with van der Waals surface area (Å²) >= 11 is 0. The second-order valence-electron chi connectivity index (χ2n) is 6.45. The molecule has 0 unspecified atom stereocenters. The molecule has 1 amide bonds. The highest BCUT2D eigenvalue weighted by molar-refractivity contribution is 5.76. The minimum atomic E-state index is -0.152. The fraction of sp³-hybridized carbons (Fsp3) is 0.812. The number of piperazine rings is 1. The number of carbonyl (C=O) groups is 1. The molecule has 4 heteroatoms. The summed E-state index contributed by atoms with van der Waals surface area (Å²) in [7, 11) is 0. The van der Waals surface area contributed by atoms with Crippen LogP contribution in [0, 0.1) is 5.92 Å². The van der Waals surface area contributed by atoms with E-state index in [0.29, 0.717) is 24.3 Å². The van der Waals surface area contributed by atoms with Gasteiger partial charge >= 0.3 is 0 Å². The lowest BCUT2D eigenvalue weighted by Gasteiger charge is -2.39. The lowest BCUT2D eigenvalue weighted by molar-refractivity contribution is -0.134. The molecule has 1 saturated carbocycles. The van der Waals surface area contributed by atoms with Crippen LogP contribution in [-0.2, 0) is 4.79 Å². The van der Waals surface area contributed by atoms with Gasteiger partial charge in [-0.2, -0.15) is 0 Å². The first kappa shape index (κ1) is 14.1. The Morgan fingerprint density at radius 2 is 1.95 bits per heavy atom. The topological polar surface area (TPSA) is 43.8 Å². The van der Waals surface area contributed by atoms with Gasteiger partial charge in [-0.1, -0.05) is 12.2 Å². The molecule has 0 spiro atoms. The van der Waals surface area contributed by atoms with Crippen molar-refractivity contribution in [3.05, 3.63) is 12.2 Å². The van der Waals surface area contributed by atoms with E-state index >= 15 is 0 Å². The molecule has 1 N–H and O–H groups in total. The van der Waals surface area contributed by atoms with E-state index in [2.05, 4.69) is 17.1 Å². The van der Waals surface area contributed by atoms with Gasteiger partial charge in [-0.15, -0.1) is 0 Å². The summed E-state index contributed by atoms with van der Waals surface area (Å²) in [6, 6.07) is 0.338. The molecule has 1 saturated heterocycles. The standard InChI is InChI=1S/C16H26N2O2/c19-15-7-3-6-14(15)17-8-10-18(11-9-17)16(20)12-13-4-1-2-5-13/h1,4,13-15,19H,2-3,5-12H2/t13-,14-,15-/m1/s1. The van der Waals surface area contributed by atoms with Crippen LogP contribution >= 0.6 is 0 Å². The summed E-state index contributed by atoms with van der Waals surface area (Å²) in [6.07, 6.45) is 10.4. The smallest absolute Gasteiger partial charge is 0.223 e. The highest BCUT2D eigenvalue weighted by Gasteiger charge is 2.33. The van der Waals surface area contributed by atoms with Gasteiger partial charge in [-0.25, -0.2) is 0 Å². The maximum Gasteiger partial charge on any atom is 0.223 e. The van der Waals surface area contributed by atoms with Gasteiger partial charge in [0.25, 0.3) is 0 Å². The molecular formula is C16H26N2O2. The maximum absolute atomic E-state index is 12.3. The molecule has 0 radical (unpaired) electrons. The average molecular weight is 278 g/mol. The molecule has 1 aliphatic heterocycles. The number of rotatable bonds is 3. The Kier molecular flexibility index (Phi) is 4.41. The fourth-order valence-corrected chi connectivity index (χ4v) is 3.87. The fourth-order valence-electron chi connectivity index (χ4n) is 3.87. The molecular weight excluding hydrogens is 252 g/mol. The van der Waals surface area contributed by atoms with Crippen molar-refractivity contribution in [3.63, 3.8) is 0 Å². The monoisotopic (exact) mass is 278 g/mol. The number of hydrogen-bond donors (Lipinski definition) is 1. The van der Waals surface area contributed by atoms with E-state index in [1.807, 2.05) is 4.90 Å². The normalized spacial score (nSPS) is 34.9. The number of aliphatic hydroxyl groups excluding tert-OH is 1. The van der Waals surface area contributed by atoms with Crippen molar-refractivity contribution >= 4 is 5.91 Å². The number of allylic oxidation sites excluding steroid dienone is 2. The van der Waals surface area contributed by atoms with Crippen LogP contribution in [0.2, 0.25) is 0 Å². The summed E-state index contributed by atoms with van der Waals surface area (Å²) < 4.78 is 0. The van der Waals surface area contributed by atoms with Crippen molar-refractivity contribution in [2.24, 2.45) is 5.92 Å². The summed E-state index contributed by atoms with van der Waals surface area (Å²) in [5, 5.41) is 9.98. The van der Waals surface area contributed by atoms with E-state index in [4.69, 9.17) is 0 Å². The van der Waals surface area contributed by atoms with Crippen molar-refractivity contribution < 1.29 is 9.90 Å². The Bertz CT molecular complexity index is 375. The van der Waals surface area contributed by atoms with Crippen molar-refractivity contribution in [3.8, 4) is 0 Å². The Morgan fingerprint density at radius 1 is 1.15 bits per heavy atom. The molecule has 20 heavy (non-hydrogen) atoms. The van der Waals surface area contributed by atoms with Gasteiger partial charge < -0.3 is 10.0 Å². The number of hydrogen-bond acceptors (Lipinski definition) is 3. The average Bonchev–Trinajstić information content (AvgIpc) is 3.10. The predicted octanol–water partition coefficient (Wildman–Crippen LogP) is 1.40. The molecule has 2 fully saturated rings. The molecule has 4 nitrogen and oxygen atoms in total. The van der Waals surface area contributed by atoms with Gasteiger partial charge in [0.15, 0.2) is 0 Å². The van der Waals surface area contributed by atoms with Crippen molar-refractivity contribution in [2.45, 2.75) is 50.7 Å². The summed E-state index contributed by atoms with van der Waals surface area (Å²) in [5.74, 6) is 0.783. The molecule has 1 heterocycles. The molecule has 0 aromatic carbocycles. The summed E-state index contributed by atoms with van der Waals surface area (Å²) in [4.78, 5) is 16.7. The lowest BCUT2D eigenvalue weighted by atomic mass is 10.0. The number of aliphatic hydroxyl groups is 1. The first-order chi connectivity index (χ1) is 9.74. The zero-order valence-electron chi connectivity index (χ0n) is 12.2. The largest absolute Gasteiger partial charge is 0.391 e. The summed E-state index contributed by atoms with van der Waals surface area (Å²) in [6.45, 7) is 3.51. The van der Waals surface area contributed by atoms with E-state index in [9.17, 15) is 9.90 Å². The van der Waals surface area contributed by atoms with Crippen LogP contribution in [-0.4, -0.2) is 59.1 Å². The Morgan fingerprint density at radius 3 is 2.55 bits per heavy atom. The van der Waals surface area contributed by atoms with E-state index in [1.54, 1.807) is 0 Å². The zero-order chi connectivity index (χ0) is 13.9. The number of carbonyl (C=O) groups excluding carboxylic acids is 1. The van der Waals surface area contributed by atoms with E-state index in [1.165, 1.54) is 0 Å². The minimum Gasteiger partial charge on any atom is -0.391 e. The van der Waals surface area contributed by atoms with Gasteiger partial charge in [0.05, 0.1) is 6.10 Å². The highest BCUT2D eigenvalue weighted by Crippen LogP contribution is 2.26. The van der Waals surface area contributed by atoms with Gasteiger partial charge in [0.1, 0.15) is 0 Å². The van der Waals surface area contributed by atoms with Crippen LogP contribution in [0.15, 0.2) is 12.2 Å². The van der Waals surface area contributed by atoms with E-state index < -0.39 is 0 Å². The van der Waals surface area contributed by atoms with Crippen LogP contribution in [0.3, 0.4) is 0 Å². The third-order valence-corrected chi connectivity index (χ3v) is 5.13. The van der Waals surface area contributed by atoms with Gasteiger partial charge in [-0.05, 0) is 38.0 Å². The van der Waals surface area contributed by atoms with Crippen LogP contribution in [0.5, 0.6) is 0 Å². The second-order valence-corrected chi connectivity index (χ2v) is 6.45. The first-order valence-electron chi connectivity index (χ1n) is 8.10. The zero-order valence-corrected chi connectivity index (χ0v) is 12.2. The second kappa shape index (κ2) is 6.27. The molecule has 3 rings (SSSR count). The molecule has 2 aliphatic carbocycles. The van der Waals surface area contributed by atoms with Gasteiger partial charge in [0, 0.05) is 38.6 Å². The van der Waals surface area contributed by atoms with Gasteiger partial charge in [-0.3, -0.25) is 9.69 Å². The third-order valence-electron chi connectivity index (χ3n) is 5.13. The van der Waals surface area contributed by atoms with E-state index in [-0.39, 0.29) is 6.10 Å². The molecule has 0 aromatic heterocycles. The quantitative estimate of drug-likeness (QED) is 0.794. The molecule has 3 atom stereocenters. The molecule has 0 bridgehead atoms. The van der Waals surface area contributed by atoms with Crippen molar-refractivity contribution in [2.75, 3.05) is 26.2 Å². The Balaban J connectivity index is 1.45. The van der Waals surface area contributed by atoms with Gasteiger partial charge in [0.2, 0.25) is 5.91 Å². The SMILES string of the molecule is O=C(C[C@@H]1C=CCC1)N1CCN([C@@H]2CCC[C@H]2O)CC1. The molecule has 0 aromatic rings. The van der Waals surface area contributed by atoms with E-state index in [0.717, 1.165) is 58.3 Å². The molecule has 112 valence electrons. The van der Waals surface area contributed by atoms with Crippen molar-refractivity contribution in [1.82, 2.24) is 9.80 Å². The Hall–Kier alpha value is -0.870. The number of amides is 1. The lowest BCUT2D eigenvalue weighted by Crippen LogP contribution is -2.53. The minimum absolute atomic E-state index is 0.152. The third kappa shape index (κ3) is 3.07.